The van der Waals surface area contributed by atoms with E-state index in [4.69, 9.17) is 9.92 Å². The van der Waals surface area contributed by atoms with Crippen molar-refractivity contribution in [1.29, 1.82) is 0 Å². The van der Waals surface area contributed by atoms with Gasteiger partial charge < -0.3 is 15.2 Å². The number of anilines is 1. The van der Waals surface area contributed by atoms with E-state index in [1.165, 1.54) is 23.5 Å². The fourth-order valence-corrected chi connectivity index (χ4v) is 4.07. The second-order valence-electron chi connectivity index (χ2n) is 5.29. The summed E-state index contributed by atoms with van der Waals surface area (Å²) in [7, 11) is 0. The zero-order chi connectivity index (χ0) is 18.1. The van der Waals surface area contributed by atoms with Crippen molar-refractivity contribution in [1.82, 2.24) is 10.2 Å². The van der Waals surface area contributed by atoms with Gasteiger partial charge in [-0.1, -0.05) is 12.1 Å². The first-order valence-corrected chi connectivity index (χ1v) is 9.01. The largest absolute Gasteiger partial charge is 0.427 e. The lowest BCUT2D eigenvalue weighted by Gasteiger charge is -2.11. The molecule has 2 aromatic heterocycles. The minimum Gasteiger partial charge on any atom is -0.427 e. The zero-order valence-corrected chi connectivity index (χ0v) is 14.7. The first-order valence-electron chi connectivity index (χ1n) is 7.45. The van der Waals surface area contributed by atoms with Gasteiger partial charge in [-0.3, -0.25) is 4.79 Å². The van der Waals surface area contributed by atoms with Gasteiger partial charge in [0, 0.05) is 10.3 Å². The summed E-state index contributed by atoms with van der Waals surface area (Å²) in [5.74, 6) is -0.543. The average Bonchev–Trinajstić information content (AvgIpc) is 3.08. The normalized spacial score (nSPS) is 13.3. The molecule has 4 rings (SSSR count). The molecule has 3 aromatic rings. The average molecular weight is 386 g/mol. The molecular weight excluding hydrogens is 375 g/mol. The molecule has 0 fully saturated rings. The van der Waals surface area contributed by atoms with Gasteiger partial charge in [0.25, 0.3) is 5.91 Å². The van der Waals surface area contributed by atoms with Crippen LogP contribution in [-0.4, -0.2) is 16.1 Å². The van der Waals surface area contributed by atoms with Gasteiger partial charge in [0.15, 0.2) is 11.5 Å². The molecule has 3 N–H and O–H groups in total. The van der Waals surface area contributed by atoms with Crippen LogP contribution in [0.15, 0.2) is 53.8 Å². The number of primary amides is 1. The van der Waals surface area contributed by atoms with Crippen LogP contribution in [0.3, 0.4) is 0 Å². The molecule has 0 spiro atoms. The van der Waals surface area contributed by atoms with Gasteiger partial charge in [-0.2, -0.15) is 0 Å². The molecule has 26 heavy (non-hydrogen) atoms. The molecule has 0 saturated carbocycles. The van der Waals surface area contributed by atoms with Crippen LogP contribution in [0.2, 0.25) is 0 Å². The topological polar surface area (TPSA) is 90.1 Å². The Labute approximate surface area is 155 Å². The standard InChI is InChI=1S/C17H11FN4O2S2/c18-10-4-1-3-9(7-10)12-8-11-15(25-12)14(16(19)23)21-22-17(11)20-13-5-2-6-24-26-13/h1-8H,(H2,19,23)(H,20,22). The Bertz CT molecular complexity index is 1080. The molecule has 0 radical (unpaired) electrons. The maximum atomic E-state index is 13.6. The summed E-state index contributed by atoms with van der Waals surface area (Å²) in [6.45, 7) is 0. The smallest absolute Gasteiger partial charge is 0.270 e. The Kier molecular flexibility index (Phi) is 4.31. The number of nitrogens with two attached hydrogens (primary N) is 1. The molecule has 6 nitrogen and oxygen atoms in total. The van der Waals surface area contributed by atoms with Crippen molar-refractivity contribution in [2.75, 3.05) is 5.32 Å². The van der Waals surface area contributed by atoms with E-state index in [2.05, 4.69) is 15.5 Å². The van der Waals surface area contributed by atoms with Crippen molar-refractivity contribution in [2.24, 2.45) is 5.73 Å². The maximum absolute atomic E-state index is 13.6. The summed E-state index contributed by atoms with van der Waals surface area (Å²) in [5.41, 5.74) is 6.21. The molecule has 3 heterocycles. The van der Waals surface area contributed by atoms with Crippen molar-refractivity contribution >= 4 is 45.2 Å². The second-order valence-corrected chi connectivity index (χ2v) is 7.14. The van der Waals surface area contributed by atoms with Gasteiger partial charge in [-0.05, 0) is 35.9 Å². The highest BCUT2D eigenvalue weighted by Crippen LogP contribution is 2.38. The molecule has 130 valence electrons. The van der Waals surface area contributed by atoms with E-state index >= 15 is 0 Å². The summed E-state index contributed by atoms with van der Waals surface area (Å²) in [5, 5.41) is 12.5. The summed E-state index contributed by atoms with van der Waals surface area (Å²) < 4.78 is 19.3. The number of rotatable bonds is 4. The molecule has 9 heteroatoms. The molecule has 0 bridgehead atoms. The van der Waals surface area contributed by atoms with Crippen LogP contribution < -0.4 is 11.1 Å². The molecule has 1 aliphatic rings. The van der Waals surface area contributed by atoms with Crippen molar-refractivity contribution in [3.8, 4) is 10.4 Å². The van der Waals surface area contributed by atoms with Gasteiger partial charge in [-0.25, -0.2) is 4.39 Å². The quantitative estimate of drug-likeness (QED) is 0.658. The highest BCUT2D eigenvalue weighted by Gasteiger charge is 2.19. The Morgan fingerprint density at radius 1 is 1.27 bits per heavy atom. The lowest BCUT2D eigenvalue weighted by Crippen LogP contribution is -2.14. The number of fused-ring (bicyclic) bond motifs is 1. The summed E-state index contributed by atoms with van der Waals surface area (Å²) >= 11 is 2.45. The number of thiophene rings is 1. The van der Waals surface area contributed by atoms with Gasteiger partial charge in [0.1, 0.15) is 29.2 Å². The molecular formula is C17H11FN4O2S2. The minimum absolute atomic E-state index is 0.0830. The molecule has 0 aliphatic carbocycles. The number of hydrogen-bond donors (Lipinski definition) is 2. The molecule has 0 unspecified atom stereocenters. The number of halogens is 1. The highest BCUT2D eigenvalue weighted by molar-refractivity contribution is 7.98. The molecule has 1 aliphatic heterocycles. The maximum Gasteiger partial charge on any atom is 0.270 e. The van der Waals surface area contributed by atoms with E-state index in [0.29, 0.717) is 26.5 Å². The Hall–Kier alpha value is -2.91. The fourth-order valence-electron chi connectivity index (χ4n) is 2.42. The third-order valence-electron chi connectivity index (χ3n) is 3.56. The minimum atomic E-state index is -0.667. The Morgan fingerprint density at radius 3 is 2.88 bits per heavy atom. The third-order valence-corrected chi connectivity index (χ3v) is 5.37. The van der Waals surface area contributed by atoms with Crippen molar-refractivity contribution in [3.05, 3.63) is 65.3 Å². The van der Waals surface area contributed by atoms with Crippen molar-refractivity contribution in [2.45, 2.75) is 0 Å². The summed E-state index contributed by atoms with van der Waals surface area (Å²) in [6.07, 6.45) is 5.12. The van der Waals surface area contributed by atoms with Crippen LogP contribution in [0.5, 0.6) is 0 Å². The first kappa shape index (κ1) is 16.6. The van der Waals surface area contributed by atoms with E-state index in [0.717, 1.165) is 16.9 Å². The van der Waals surface area contributed by atoms with Crippen LogP contribution in [-0.2, 0) is 4.18 Å². The van der Waals surface area contributed by atoms with E-state index in [1.807, 2.05) is 12.1 Å². The van der Waals surface area contributed by atoms with E-state index < -0.39 is 5.91 Å². The van der Waals surface area contributed by atoms with E-state index in [1.54, 1.807) is 24.5 Å². The third kappa shape index (κ3) is 3.14. The number of carbonyl (C=O) groups is 1. The van der Waals surface area contributed by atoms with Gasteiger partial charge >= 0.3 is 0 Å². The number of carbonyl (C=O) groups excluding carboxylic acids is 1. The predicted octanol–water partition coefficient (Wildman–Crippen LogP) is 4.04. The SMILES string of the molecule is NC(=O)c1nnc(NC2=CC=COS2)c2cc(-c3cccc(F)c3)sc12. The number of benzene rings is 1. The van der Waals surface area contributed by atoms with E-state index in [-0.39, 0.29) is 11.5 Å². The van der Waals surface area contributed by atoms with Gasteiger partial charge in [0.05, 0.1) is 4.70 Å². The summed E-state index contributed by atoms with van der Waals surface area (Å²) in [4.78, 5) is 12.5. The van der Waals surface area contributed by atoms with E-state index in [9.17, 15) is 9.18 Å². The van der Waals surface area contributed by atoms with Crippen molar-refractivity contribution in [3.63, 3.8) is 0 Å². The fraction of sp³-hybridized carbons (Fsp3) is 0. The molecule has 0 saturated heterocycles. The Balaban J connectivity index is 1.85. The number of allylic oxidation sites excluding steroid dienone is 2. The van der Waals surface area contributed by atoms with Crippen LogP contribution in [0, 0.1) is 5.82 Å². The second kappa shape index (κ2) is 6.77. The first-order chi connectivity index (χ1) is 12.6. The van der Waals surface area contributed by atoms with Gasteiger partial charge in [-0.15, -0.1) is 21.5 Å². The Morgan fingerprint density at radius 2 is 2.15 bits per heavy atom. The van der Waals surface area contributed by atoms with Crippen LogP contribution in [0.25, 0.3) is 20.5 Å². The zero-order valence-electron chi connectivity index (χ0n) is 13.1. The van der Waals surface area contributed by atoms with Crippen LogP contribution in [0.1, 0.15) is 10.5 Å². The highest BCUT2D eigenvalue weighted by atomic mass is 32.2. The molecule has 1 amide bonds. The number of amides is 1. The van der Waals surface area contributed by atoms with Crippen LogP contribution in [0.4, 0.5) is 10.2 Å². The van der Waals surface area contributed by atoms with Crippen LogP contribution >= 0.6 is 23.4 Å². The lowest BCUT2D eigenvalue weighted by molar-refractivity contribution is 0.0996. The molecule has 0 atom stereocenters. The lowest BCUT2D eigenvalue weighted by atomic mass is 10.1. The van der Waals surface area contributed by atoms with Gasteiger partial charge in [0.2, 0.25) is 0 Å². The monoisotopic (exact) mass is 386 g/mol. The number of nitrogens with one attached hydrogen (secondary N) is 1. The predicted molar refractivity (Wildman–Crippen MR) is 101 cm³/mol. The van der Waals surface area contributed by atoms with Crippen molar-refractivity contribution < 1.29 is 13.4 Å². The number of nitrogens with zero attached hydrogens (tertiary/aromatic N) is 2. The molecule has 1 aromatic carbocycles. The summed E-state index contributed by atoms with van der Waals surface area (Å²) in [6, 6.07) is 8.07. The number of hydrogen-bond acceptors (Lipinski definition) is 7. The number of aromatic nitrogens is 2.